The molecule has 1 aliphatic rings. The largest absolute Gasteiger partial charge is 2.00 e. The van der Waals surface area contributed by atoms with Gasteiger partial charge in [-0.15, -0.1) is 11.8 Å². The summed E-state index contributed by atoms with van der Waals surface area (Å²) < 4.78 is 216. The number of rotatable bonds is 23. The Hall–Kier alpha value is -6.68. The van der Waals surface area contributed by atoms with Crippen molar-refractivity contribution in [3.8, 4) is 11.1 Å². The summed E-state index contributed by atoms with van der Waals surface area (Å²) in [6, 6.07) is 16.5. The fourth-order valence-corrected chi connectivity index (χ4v) is 15.2. The van der Waals surface area contributed by atoms with Crippen molar-refractivity contribution in [1.82, 2.24) is 4.98 Å². The molecule has 436 valence electrons. The van der Waals surface area contributed by atoms with Crippen molar-refractivity contribution in [2.45, 2.75) is 86.5 Å². The number of sulfone groups is 3. The molecular formula is C50H44F10N6O11S4Zn. The number of hydrogen-bond donors (Lipinski definition) is 3. The molecule has 0 bridgehead atoms. The molecule has 1 aliphatic heterocycles. The van der Waals surface area contributed by atoms with Gasteiger partial charge in [0.15, 0.2) is 48.6 Å². The molecule has 0 atom stereocenters. The predicted molar refractivity (Wildman–Crippen MR) is 276 cm³/mol. The molecule has 0 aliphatic carbocycles. The number of esters is 1. The number of ether oxygens (including phenoxy) is 1. The Labute approximate surface area is 479 Å². The molecule has 3 amide bonds. The van der Waals surface area contributed by atoms with Gasteiger partial charge in [0.05, 0.1) is 37.4 Å². The number of hydrogen-bond acceptors (Lipinski definition) is 12. The van der Waals surface area contributed by atoms with E-state index in [2.05, 4.69) is 32.0 Å². The summed E-state index contributed by atoms with van der Waals surface area (Å²) in [7, 11) is -24.3. The summed E-state index contributed by atoms with van der Waals surface area (Å²) in [4.78, 5) is 58.4. The fraction of sp³-hybridized carbons (Fsp3) is 0.300. The number of allylic oxidation sites excluding steroid dienone is 1. The van der Waals surface area contributed by atoms with E-state index in [0.717, 1.165) is 0 Å². The molecule has 4 N–H and O–H groups in total. The number of primary amides is 1. The van der Waals surface area contributed by atoms with Crippen LogP contribution in [0.1, 0.15) is 87.3 Å². The second-order valence-electron chi connectivity index (χ2n) is 17.4. The number of amides is 3. The van der Waals surface area contributed by atoms with E-state index in [4.69, 9.17) is 17.0 Å². The van der Waals surface area contributed by atoms with Crippen molar-refractivity contribution in [1.29, 1.82) is 0 Å². The minimum absolute atomic E-state index is 0. The van der Waals surface area contributed by atoms with E-state index < -0.39 is 112 Å². The van der Waals surface area contributed by atoms with E-state index in [-0.39, 0.29) is 127 Å². The Bertz CT molecular complexity index is 3590. The van der Waals surface area contributed by atoms with Crippen LogP contribution < -0.4 is 11.1 Å². The molecule has 82 heavy (non-hydrogen) atoms. The smallest absolute Gasteiger partial charge is 0.462 e. The first kappa shape index (κ1) is 67.8. The number of amidine groups is 1. The standard InChI is InChI=1S/C50H45F10N6O11S4.Zn/c1-6-48(7-2,22-16-24-78-40-35(51)37(53)41(38(54)36(40)52)79(71,72)47(80(73,74)49(55,56)57)81(75,76)50(58,59)60)46(70)66-43-34(42(61)68)32(27-17-10-8-11-18-27)29(63-43)25-30-33(28-19-12-9-13-20-28)39(62-5)44(64-30)65-31(67)21-14-15-23-77-45(69)26(3)4;/h8-13,17-20,25H,3,6-7,14-16,21-24H2,1-2,4H3,(H5,61,63,64,65,66,67,68,70);/q-1;+2/p-1. The molecule has 0 saturated carbocycles. The number of halogens is 10. The zero-order valence-corrected chi connectivity index (χ0v) is 49.2. The SMILES string of the molecule is [C-]#[N+]C1=C(c2ccccc2)/C(=C/c2[nH]c(NC(=O)C(CC)(CC)CCCSc3c(F)c(F)c(S(=O)(=O)[C-](S(=O)(=O)C(F)(F)F)S(=O)(=O)C(F)(F)F)c(F)c3F)c(C(N)=O)c2-c2ccccc2)[N-]C1=NC(=O)CCCCOC(=O)C(=C)C.[Zn+2]. The number of nitrogens with zero attached hydrogens (tertiary/aromatic N) is 3. The van der Waals surface area contributed by atoms with Gasteiger partial charge in [-0.1, -0.05) is 86.9 Å². The van der Waals surface area contributed by atoms with Gasteiger partial charge in [-0.2, -0.15) is 26.3 Å². The van der Waals surface area contributed by atoms with Crippen LogP contribution in [0.25, 0.3) is 32.9 Å². The Morgan fingerprint density at radius 1 is 0.841 bits per heavy atom. The zero-order valence-electron chi connectivity index (χ0n) is 43.0. The number of aromatic amines is 1. The van der Waals surface area contributed by atoms with Crippen LogP contribution in [0, 0.1) is 39.2 Å². The summed E-state index contributed by atoms with van der Waals surface area (Å²) >= 11 is -0.148. The number of aromatic nitrogens is 1. The van der Waals surface area contributed by atoms with Crippen molar-refractivity contribution < 1.29 is 113 Å². The molecule has 5 rings (SSSR count). The average Bonchev–Trinajstić information content (AvgIpc) is 4.05. The molecule has 32 heteroatoms. The number of benzene rings is 3. The number of H-pyrrole nitrogens is 1. The number of carbonyl (C=O) groups excluding carboxylic acids is 4. The number of nitrogens with two attached hydrogens (primary N) is 1. The zero-order chi connectivity index (χ0) is 60.8. The van der Waals surface area contributed by atoms with E-state index >= 15 is 17.6 Å². The third kappa shape index (κ3) is 14.0. The maximum absolute atomic E-state index is 15.4. The number of alkyl halides is 6. The van der Waals surface area contributed by atoms with Gasteiger partial charge in [0.2, 0.25) is 5.91 Å². The number of thioether (sulfide) groups is 1. The van der Waals surface area contributed by atoms with Crippen LogP contribution in [0.5, 0.6) is 0 Å². The summed E-state index contributed by atoms with van der Waals surface area (Å²) in [5.41, 5.74) is -8.82. The van der Waals surface area contributed by atoms with E-state index in [1.54, 1.807) is 60.7 Å². The second-order valence-corrected chi connectivity index (χ2v) is 24.9. The van der Waals surface area contributed by atoms with Crippen molar-refractivity contribution in [3.63, 3.8) is 0 Å². The second kappa shape index (κ2) is 26.7. The van der Waals surface area contributed by atoms with Crippen LogP contribution in [-0.4, -0.2) is 83.1 Å². The Morgan fingerprint density at radius 3 is 1.84 bits per heavy atom. The molecule has 0 unspecified atom stereocenters. The van der Waals surface area contributed by atoms with Crippen molar-refractivity contribution >= 4 is 88.3 Å². The molecule has 0 fully saturated rings. The predicted octanol–water partition coefficient (Wildman–Crippen LogP) is 11.0. The fourth-order valence-electron chi connectivity index (χ4n) is 8.01. The van der Waals surface area contributed by atoms with E-state index in [0.29, 0.717) is 17.5 Å². The first-order chi connectivity index (χ1) is 37.7. The van der Waals surface area contributed by atoms with E-state index in [9.17, 15) is 70.8 Å². The number of aliphatic imine (C=N–C) groups is 1. The molecular weight excluding hydrogens is 1240 g/mol. The van der Waals surface area contributed by atoms with Crippen LogP contribution in [0.3, 0.4) is 0 Å². The normalized spacial score (nSPS) is 14.4. The Morgan fingerprint density at radius 2 is 1.37 bits per heavy atom. The first-order valence-corrected chi connectivity index (χ1v) is 28.8. The van der Waals surface area contributed by atoms with Crippen molar-refractivity contribution in [2.75, 3.05) is 17.7 Å². The third-order valence-corrected chi connectivity index (χ3v) is 20.7. The van der Waals surface area contributed by atoms with Crippen LogP contribution in [-0.2, 0) is 68.1 Å². The van der Waals surface area contributed by atoms with Crippen LogP contribution in [0.4, 0.5) is 49.7 Å². The van der Waals surface area contributed by atoms with Gasteiger partial charge in [0.25, 0.3) is 5.91 Å². The number of anilines is 1. The minimum Gasteiger partial charge on any atom is -0.462 e. The van der Waals surface area contributed by atoms with E-state index in [1.807, 2.05) is 0 Å². The average molecular weight is 1290 g/mol. The summed E-state index contributed by atoms with van der Waals surface area (Å²) in [5.74, 6) is -16.5. The van der Waals surface area contributed by atoms with Crippen molar-refractivity contribution in [2.24, 2.45) is 16.1 Å². The first-order valence-electron chi connectivity index (χ1n) is 23.4. The van der Waals surface area contributed by atoms with Crippen LogP contribution in [0.2, 0.25) is 0 Å². The molecule has 2 heterocycles. The molecule has 17 nitrogen and oxygen atoms in total. The monoisotopic (exact) mass is 1290 g/mol. The number of nitrogens with one attached hydrogen (secondary N) is 2. The third-order valence-electron chi connectivity index (χ3n) is 12.2. The minimum atomic E-state index is -8.23. The molecule has 0 radical (unpaired) electrons. The molecule has 0 spiro atoms. The van der Waals surface area contributed by atoms with Crippen LogP contribution in [0.15, 0.2) is 99.0 Å². The summed E-state index contributed by atoms with van der Waals surface area (Å²) in [6.45, 7) is 16.2. The molecule has 1 aromatic heterocycles. The van der Waals surface area contributed by atoms with Gasteiger partial charge in [-0.25, -0.2) is 27.2 Å². The van der Waals surface area contributed by atoms with Crippen molar-refractivity contribution in [3.05, 3.63) is 145 Å². The van der Waals surface area contributed by atoms with E-state index in [1.165, 1.54) is 26.8 Å². The maximum atomic E-state index is 15.4. The molecule has 3 aromatic carbocycles. The van der Waals surface area contributed by atoms with Crippen LogP contribution >= 0.6 is 11.8 Å². The Balaban J connectivity index is 0.0000144. The number of unbranched alkanes of at least 4 members (excludes halogenated alkanes) is 1. The van der Waals surface area contributed by atoms with Gasteiger partial charge in [0, 0.05) is 28.7 Å². The van der Waals surface area contributed by atoms with Gasteiger partial charge in [0.1, 0.15) is 16.6 Å². The van der Waals surface area contributed by atoms with Gasteiger partial charge >= 0.3 is 36.5 Å². The summed E-state index contributed by atoms with van der Waals surface area (Å²) in [6.07, 6.45) is 1.21. The Kier molecular flexibility index (Phi) is 22.1. The molecule has 0 saturated heterocycles. The summed E-state index contributed by atoms with van der Waals surface area (Å²) in [5, 5.41) is 7.23. The quantitative estimate of drug-likeness (QED) is 0.00915. The maximum Gasteiger partial charge on any atom is 2.00 e. The topological polar surface area (TPSA) is 265 Å². The van der Waals surface area contributed by atoms with Gasteiger partial charge in [-0.3, -0.25) is 39.6 Å². The molecule has 4 aromatic rings. The van der Waals surface area contributed by atoms with Gasteiger partial charge < -0.3 is 31.1 Å². The number of carbonyl (C=O) groups is 4. The van der Waals surface area contributed by atoms with Gasteiger partial charge in [-0.05, 0) is 79.7 Å².